The molecule has 0 amide bonds. The van der Waals surface area contributed by atoms with Crippen LogP contribution < -0.4 is 10.5 Å². The van der Waals surface area contributed by atoms with Gasteiger partial charge in [0.05, 0.1) is 23.7 Å². The monoisotopic (exact) mass is 226 g/mol. The molecule has 4 heteroatoms. The summed E-state index contributed by atoms with van der Waals surface area (Å²) >= 11 is 5.98. The van der Waals surface area contributed by atoms with Gasteiger partial charge in [-0.2, -0.15) is 0 Å². The number of rotatable bonds is 4. The lowest BCUT2D eigenvalue weighted by molar-refractivity contribution is 0.415. The maximum atomic E-state index is 5.98. The summed E-state index contributed by atoms with van der Waals surface area (Å²) < 4.78 is 5.08. The molecule has 0 fully saturated rings. The number of methoxy groups -OCH3 is 1. The maximum Gasteiger partial charge on any atom is 0.121 e. The number of hydrogen-bond donors (Lipinski definition) is 1. The average Bonchev–Trinajstić information content (AvgIpc) is 2.21. The standard InChI is InChI=1S/C11H15ClN2O/c1-3-4-11(13)14-10-7-8(15-2)5-6-9(10)12/h5-7H,3-4H2,1-2H3,(H2,13,14). The molecule has 1 aromatic carbocycles. The van der Waals surface area contributed by atoms with Gasteiger partial charge in [-0.15, -0.1) is 0 Å². The zero-order valence-electron chi connectivity index (χ0n) is 8.96. The summed E-state index contributed by atoms with van der Waals surface area (Å²) in [5.74, 6) is 1.31. The van der Waals surface area contributed by atoms with Gasteiger partial charge in [0.2, 0.25) is 0 Å². The Labute approximate surface area is 94.9 Å². The van der Waals surface area contributed by atoms with Gasteiger partial charge in [-0.3, -0.25) is 0 Å². The van der Waals surface area contributed by atoms with Crippen molar-refractivity contribution in [2.75, 3.05) is 7.11 Å². The van der Waals surface area contributed by atoms with Gasteiger partial charge >= 0.3 is 0 Å². The predicted molar refractivity (Wildman–Crippen MR) is 64.2 cm³/mol. The Morgan fingerprint density at radius 2 is 2.27 bits per heavy atom. The van der Waals surface area contributed by atoms with Crippen molar-refractivity contribution in [2.45, 2.75) is 19.8 Å². The number of halogens is 1. The van der Waals surface area contributed by atoms with Gasteiger partial charge in [0.15, 0.2) is 0 Å². The normalized spacial score (nSPS) is 11.5. The molecule has 0 aliphatic carbocycles. The summed E-state index contributed by atoms with van der Waals surface area (Å²) in [6.07, 6.45) is 1.74. The molecule has 1 aromatic rings. The molecule has 0 aromatic heterocycles. The van der Waals surface area contributed by atoms with Crippen molar-refractivity contribution in [1.82, 2.24) is 0 Å². The third-order valence-electron chi connectivity index (χ3n) is 1.92. The second-order valence-corrected chi connectivity index (χ2v) is 3.58. The smallest absolute Gasteiger partial charge is 0.121 e. The van der Waals surface area contributed by atoms with E-state index in [9.17, 15) is 0 Å². The summed E-state index contributed by atoms with van der Waals surface area (Å²) in [7, 11) is 1.60. The van der Waals surface area contributed by atoms with Crippen LogP contribution in [0.15, 0.2) is 23.2 Å². The second kappa shape index (κ2) is 5.61. The maximum absolute atomic E-state index is 5.98. The molecule has 1 rings (SSSR count). The molecule has 0 bridgehead atoms. The van der Waals surface area contributed by atoms with Crippen LogP contribution in [0.4, 0.5) is 5.69 Å². The van der Waals surface area contributed by atoms with Crippen molar-refractivity contribution in [3.8, 4) is 5.75 Å². The summed E-state index contributed by atoms with van der Waals surface area (Å²) in [4.78, 5) is 4.24. The molecule has 82 valence electrons. The zero-order valence-corrected chi connectivity index (χ0v) is 9.71. The quantitative estimate of drug-likeness (QED) is 0.633. The van der Waals surface area contributed by atoms with Crippen LogP contribution in [-0.4, -0.2) is 12.9 Å². The van der Waals surface area contributed by atoms with E-state index < -0.39 is 0 Å². The molecule has 0 radical (unpaired) electrons. The summed E-state index contributed by atoms with van der Waals surface area (Å²) in [5, 5.41) is 0.579. The first-order valence-electron chi connectivity index (χ1n) is 4.84. The van der Waals surface area contributed by atoms with Crippen molar-refractivity contribution in [1.29, 1.82) is 0 Å². The highest BCUT2D eigenvalue weighted by atomic mass is 35.5. The number of aliphatic imine (C=N–C) groups is 1. The largest absolute Gasteiger partial charge is 0.497 e. The number of nitrogens with zero attached hydrogens (tertiary/aromatic N) is 1. The predicted octanol–water partition coefficient (Wildman–Crippen LogP) is 3.14. The fraction of sp³-hybridized carbons (Fsp3) is 0.364. The van der Waals surface area contributed by atoms with Gasteiger partial charge in [0, 0.05) is 12.5 Å². The van der Waals surface area contributed by atoms with Gasteiger partial charge in [-0.25, -0.2) is 4.99 Å². The Bertz CT molecular complexity index is 364. The molecule has 3 nitrogen and oxygen atoms in total. The fourth-order valence-corrected chi connectivity index (χ4v) is 1.33. The molecule has 2 N–H and O–H groups in total. The van der Waals surface area contributed by atoms with Crippen molar-refractivity contribution >= 4 is 23.1 Å². The van der Waals surface area contributed by atoms with Crippen molar-refractivity contribution in [3.05, 3.63) is 23.2 Å². The fourth-order valence-electron chi connectivity index (χ4n) is 1.17. The van der Waals surface area contributed by atoms with Crippen LogP contribution in [0.25, 0.3) is 0 Å². The Morgan fingerprint density at radius 1 is 1.53 bits per heavy atom. The number of benzene rings is 1. The zero-order chi connectivity index (χ0) is 11.3. The number of nitrogens with two attached hydrogens (primary N) is 1. The Morgan fingerprint density at radius 3 is 2.87 bits per heavy atom. The van der Waals surface area contributed by atoms with E-state index in [4.69, 9.17) is 22.1 Å². The van der Waals surface area contributed by atoms with Crippen LogP contribution in [0.5, 0.6) is 5.75 Å². The minimum atomic E-state index is 0.579. The molecular weight excluding hydrogens is 212 g/mol. The first-order chi connectivity index (χ1) is 7.17. The Balaban J connectivity index is 2.97. The lowest BCUT2D eigenvalue weighted by atomic mass is 10.3. The van der Waals surface area contributed by atoms with Crippen LogP contribution in [0, 0.1) is 0 Å². The van der Waals surface area contributed by atoms with Crippen LogP contribution in [0.2, 0.25) is 5.02 Å². The summed E-state index contributed by atoms with van der Waals surface area (Å²) in [6.45, 7) is 2.05. The highest BCUT2D eigenvalue weighted by molar-refractivity contribution is 6.33. The van der Waals surface area contributed by atoms with E-state index in [0.29, 0.717) is 16.5 Å². The lowest BCUT2D eigenvalue weighted by Crippen LogP contribution is -2.09. The molecular formula is C11H15ClN2O. The first kappa shape index (κ1) is 11.9. The number of amidine groups is 1. The van der Waals surface area contributed by atoms with Gasteiger partial charge in [0.25, 0.3) is 0 Å². The average molecular weight is 227 g/mol. The van der Waals surface area contributed by atoms with E-state index >= 15 is 0 Å². The highest BCUT2D eigenvalue weighted by Gasteiger charge is 2.01. The van der Waals surface area contributed by atoms with Crippen LogP contribution >= 0.6 is 11.6 Å². The molecule has 0 saturated heterocycles. The SMILES string of the molecule is CCCC(N)=Nc1cc(OC)ccc1Cl. The third-order valence-corrected chi connectivity index (χ3v) is 2.24. The van der Waals surface area contributed by atoms with E-state index in [1.54, 1.807) is 25.3 Å². The van der Waals surface area contributed by atoms with E-state index in [2.05, 4.69) is 11.9 Å². The van der Waals surface area contributed by atoms with Gasteiger partial charge < -0.3 is 10.5 Å². The van der Waals surface area contributed by atoms with Crippen molar-refractivity contribution < 1.29 is 4.74 Å². The number of ether oxygens (including phenoxy) is 1. The number of hydrogen-bond acceptors (Lipinski definition) is 2. The molecule has 0 aliphatic rings. The highest BCUT2D eigenvalue weighted by Crippen LogP contribution is 2.29. The van der Waals surface area contributed by atoms with E-state index in [1.165, 1.54) is 0 Å². The van der Waals surface area contributed by atoms with E-state index in [1.807, 2.05) is 0 Å². The van der Waals surface area contributed by atoms with Crippen molar-refractivity contribution in [2.24, 2.45) is 10.7 Å². The van der Waals surface area contributed by atoms with Crippen LogP contribution in [0.3, 0.4) is 0 Å². The first-order valence-corrected chi connectivity index (χ1v) is 5.21. The van der Waals surface area contributed by atoms with Crippen LogP contribution in [-0.2, 0) is 0 Å². The summed E-state index contributed by atoms with van der Waals surface area (Å²) in [5.41, 5.74) is 6.38. The lowest BCUT2D eigenvalue weighted by Gasteiger charge is -2.04. The molecule has 15 heavy (non-hydrogen) atoms. The third kappa shape index (κ3) is 3.44. The van der Waals surface area contributed by atoms with Gasteiger partial charge in [-0.1, -0.05) is 18.5 Å². The van der Waals surface area contributed by atoms with Gasteiger partial charge in [-0.05, 0) is 18.6 Å². The molecule has 0 heterocycles. The topological polar surface area (TPSA) is 47.6 Å². The molecule has 0 atom stereocenters. The Kier molecular flexibility index (Phi) is 4.43. The second-order valence-electron chi connectivity index (χ2n) is 3.17. The minimum absolute atomic E-state index is 0.579. The van der Waals surface area contributed by atoms with Gasteiger partial charge in [0.1, 0.15) is 5.75 Å². The van der Waals surface area contributed by atoms with Crippen LogP contribution in [0.1, 0.15) is 19.8 Å². The minimum Gasteiger partial charge on any atom is -0.497 e. The van der Waals surface area contributed by atoms with E-state index in [0.717, 1.165) is 18.6 Å². The molecule has 0 spiro atoms. The summed E-state index contributed by atoms with van der Waals surface area (Å²) in [6, 6.07) is 5.31. The van der Waals surface area contributed by atoms with Crippen molar-refractivity contribution in [3.63, 3.8) is 0 Å². The van der Waals surface area contributed by atoms with E-state index in [-0.39, 0.29) is 0 Å². The molecule has 0 aliphatic heterocycles. The Hall–Kier alpha value is -1.22. The molecule has 0 saturated carbocycles. The molecule has 0 unspecified atom stereocenters.